The average molecular weight is 183 g/mol. The zero-order valence-corrected chi connectivity index (χ0v) is 8.66. The van der Waals surface area contributed by atoms with Gasteiger partial charge in [0, 0.05) is 12.8 Å². The summed E-state index contributed by atoms with van der Waals surface area (Å²) in [6, 6.07) is 0. The Bertz CT molecular complexity index is 301. The lowest BCUT2D eigenvalue weighted by atomic mass is 10.2. The molecule has 0 aliphatic rings. The van der Waals surface area contributed by atoms with Crippen LogP contribution in [0.25, 0.3) is 0 Å². The molecule has 12 heavy (non-hydrogen) atoms. The van der Waals surface area contributed by atoms with Crippen LogP contribution in [0.3, 0.4) is 0 Å². The molecule has 1 rings (SSSR count). The topological polar surface area (TPSA) is 30.0 Å². The largest absolute Gasteiger partial charge is 0.294 e. The van der Waals surface area contributed by atoms with Crippen LogP contribution >= 0.6 is 11.3 Å². The van der Waals surface area contributed by atoms with Crippen LogP contribution in [0.5, 0.6) is 0 Å². The maximum absolute atomic E-state index is 11.1. The fourth-order valence-electron chi connectivity index (χ4n) is 0.991. The van der Waals surface area contributed by atoms with E-state index in [-0.39, 0.29) is 5.78 Å². The van der Waals surface area contributed by atoms with Crippen LogP contribution in [0.2, 0.25) is 0 Å². The first-order chi connectivity index (χ1) is 5.52. The summed E-state index contributed by atoms with van der Waals surface area (Å²) < 4.78 is 0. The van der Waals surface area contributed by atoms with E-state index in [2.05, 4.69) is 18.8 Å². The van der Waals surface area contributed by atoms with Gasteiger partial charge in [0.15, 0.2) is 5.78 Å². The second-order valence-electron chi connectivity index (χ2n) is 3.18. The fraction of sp³-hybridized carbons (Fsp3) is 0.556. The van der Waals surface area contributed by atoms with Gasteiger partial charge < -0.3 is 0 Å². The smallest absolute Gasteiger partial charge is 0.171 e. The molecule has 0 saturated heterocycles. The number of nitrogens with zero attached hydrogens (tertiary/aromatic N) is 1. The van der Waals surface area contributed by atoms with E-state index >= 15 is 0 Å². The molecule has 0 aliphatic heterocycles. The summed E-state index contributed by atoms with van der Waals surface area (Å²) in [6.07, 6.45) is 0. The molecule has 0 fully saturated rings. The zero-order chi connectivity index (χ0) is 9.30. The lowest BCUT2D eigenvalue weighted by Crippen LogP contribution is -1.89. The predicted octanol–water partition coefficient (Wildman–Crippen LogP) is 2.78. The lowest BCUT2D eigenvalue weighted by molar-refractivity contribution is 0.102. The molecule has 2 nitrogen and oxygen atoms in total. The summed E-state index contributed by atoms with van der Waals surface area (Å²) in [5, 5.41) is 1.05. The molecule has 0 radical (unpaired) electrons. The van der Waals surface area contributed by atoms with Crippen LogP contribution in [0.15, 0.2) is 0 Å². The molecule has 0 bridgehead atoms. The number of Topliss-reactive ketones (excluding diaryl/α,β-unsaturated/α-hetero) is 1. The molecular weight excluding hydrogens is 170 g/mol. The van der Waals surface area contributed by atoms with Gasteiger partial charge in [0.2, 0.25) is 0 Å². The number of rotatable bonds is 2. The molecule has 0 unspecified atom stereocenters. The first-order valence-corrected chi connectivity index (χ1v) is 4.82. The molecule has 3 heteroatoms. The van der Waals surface area contributed by atoms with Crippen LogP contribution in [-0.4, -0.2) is 10.8 Å². The normalized spacial score (nSPS) is 10.8. The van der Waals surface area contributed by atoms with E-state index in [0.717, 1.165) is 15.6 Å². The summed E-state index contributed by atoms with van der Waals surface area (Å²) in [5.41, 5.74) is 0.871. The molecule has 66 valence electrons. The molecule has 0 saturated carbocycles. The third-order valence-electron chi connectivity index (χ3n) is 1.63. The Morgan fingerprint density at radius 3 is 2.33 bits per heavy atom. The van der Waals surface area contributed by atoms with Crippen molar-refractivity contribution in [1.82, 2.24) is 4.98 Å². The van der Waals surface area contributed by atoms with Gasteiger partial charge >= 0.3 is 0 Å². The maximum atomic E-state index is 11.1. The third kappa shape index (κ3) is 1.72. The van der Waals surface area contributed by atoms with Crippen LogP contribution in [0.1, 0.15) is 47.1 Å². The van der Waals surface area contributed by atoms with Gasteiger partial charge in [-0.25, -0.2) is 4.98 Å². The van der Waals surface area contributed by atoms with Gasteiger partial charge in [-0.15, -0.1) is 11.3 Å². The highest BCUT2D eigenvalue weighted by molar-refractivity contribution is 7.13. The first-order valence-electron chi connectivity index (χ1n) is 4.00. The monoisotopic (exact) mass is 183 g/mol. The summed E-state index contributed by atoms with van der Waals surface area (Å²) in [5.74, 6) is 0.540. The minimum atomic E-state index is 0.122. The average Bonchev–Trinajstić information content (AvgIpc) is 2.30. The van der Waals surface area contributed by atoms with Gasteiger partial charge in [-0.1, -0.05) is 13.8 Å². The molecule has 0 amide bonds. The molecule has 1 heterocycles. The Hall–Kier alpha value is -0.700. The van der Waals surface area contributed by atoms with Crippen molar-refractivity contribution in [2.45, 2.75) is 33.6 Å². The standard InChI is InChI=1S/C9H13NOS/c1-5(2)9-10-6(3)8(12-9)7(4)11/h5H,1-4H3. The van der Waals surface area contributed by atoms with Gasteiger partial charge in [0.25, 0.3) is 0 Å². The van der Waals surface area contributed by atoms with Crippen molar-refractivity contribution < 1.29 is 4.79 Å². The number of thiazole rings is 1. The summed E-state index contributed by atoms with van der Waals surface area (Å²) >= 11 is 1.52. The van der Waals surface area contributed by atoms with Crippen LogP contribution < -0.4 is 0 Å². The molecule has 0 atom stereocenters. The van der Waals surface area contributed by atoms with E-state index in [0.29, 0.717) is 5.92 Å². The Labute approximate surface area is 76.6 Å². The molecule has 0 N–H and O–H groups in total. The Balaban J connectivity index is 3.09. The lowest BCUT2D eigenvalue weighted by Gasteiger charge is -1.94. The summed E-state index contributed by atoms with van der Waals surface area (Å²) in [6.45, 7) is 7.65. The van der Waals surface area contributed by atoms with E-state index in [9.17, 15) is 4.79 Å². The SMILES string of the molecule is CC(=O)c1sc(C(C)C)nc1C. The van der Waals surface area contributed by atoms with E-state index in [1.165, 1.54) is 11.3 Å². The fourth-order valence-corrected chi connectivity index (χ4v) is 1.96. The number of aryl methyl sites for hydroxylation is 1. The highest BCUT2D eigenvalue weighted by Crippen LogP contribution is 2.24. The van der Waals surface area contributed by atoms with Crippen molar-refractivity contribution >= 4 is 17.1 Å². The second kappa shape index (κ2) is 3.35. The summed E-state index contributed by atoms with van der Waals surface area (Å²) in [4.78, 5) is 16.2. The van der Waals surface area contributed by atoms with Gasteiger partial charge in [-0.05, 0) is 6.92 Å². The molecule has 0 aromatic carbocycles. The molecule has 0 aliphatic carbocycles. The number of hydrogen-bond donors (Lipinski definition) is 0. The van der Waals surface area contributed by atoms with E-state index in [1.807, 2.05) is 6.92 Å². The van der Waals surface area contributed by atoms with Crippen molar-refractivity contribution in [3.8, 4) is 0 Å². The van der Waals surface area contributed by atoms with Crippen molar-refractivity contribution in [3.63, 3.8) is 0 Å². The minimum absolute atomic E-state index is 0.122. The third-order valence-corrected chi connectivity index (χ3v) is 3.19. The highest BCUT2D eigenvalue weighted by Gasteiger charge is 2.12. The second-order valence-corrected chi connectivity index (χ2v) is 4.21. The van der Waals surface area contributed by atoms with Crippen molar-refractivity contribution in [3.05, 3.63) is 15.6 Å². The van der Waals surface area contributed by atoms with Gasteiger partial charge in [0.05, 0.1) is 15.6 Å². The number of ketones is 1. The Morgan fingerprint density at radius 1 is 1.50 bits per heavy atom. The predicted molar refractivity (Wildman–Crippen MR) is 50.9 cm³/mol. The quantitative estimate of drug-likeness (QED) is 0.660. The van der Waals surface area contributed by atoms with Gasteiger partial charge in [-0.2, -0.15) is 0 Å². The Kier molecular flexibility index (Phi) is 2.62. The van der Waals surface area contributed by atoms with Crippen molar-refractivity contribution in [2.75, 3.05) is 0 Å². The van der Waals surface area contributed by atoms with Gasteiger partial charge in [-0.3, -0.25) is 4.79 Å². The van der Waals surface area contributed by atoms with Crippen molar-refractivity contribution in [2.24, 2.45) is 0 Å². The number of carbonyl (C=O) groups is 1. The molecule has 1 aromatic rings. The molecule has 1 aromatic heterocycles. The maximum Gasteiger partial charge on any atom is 0.171 e. The molecule has 0 spiro atoms. The van der Waals surface area contributed by atoms with E-state index in [4.69, 9.17) is 0 Å². The van der Waals surface area contributed by atoms with Crippen LogP contribution in [0, 0.1) is 6.92 Å². The first kappa shape index (κ1) is 9.39. The van der Waals surface area contributed by atoms with E-state index < -0.39 is 0 Å². The van der Waals surface area contributed by atoms with Crippen LogP contribution in [0.4, 0.5) is 0 Å². The van der Waals surface area contributed by atoms with Crippen molar-refractivity contribution in [1.29, 1.82) is 0 Å². The summed E-state index contributed by atoms with van der Waals surface area (Å²) in [7, 11) is 0. The van der Waals surface area contributed by atoms with Crippen LogP contribution in [-0.2, 0) is 0 Å². The number of hydrogen-bond acceptors (Lipinski definition) is 3. The van der Waals surface area contributed by atoms with Gasteiger partial charge in [0.1, 0.15) is 0 Å². The minimum Gasteiger partial charge on any atom is -0.294 e. The molecular formula is C9H13NOS. The highest BCUT2D eigenvalue weighted by atomic mass is 32.1. The Morgan fingerprint density at radius 2 is 2.08 bits per heavy atom. The van der Waals surface area contributed by atoms with E-state index in [1.54, 1.807) is 6.92 Å². The number of aromatic nitrogens is 1. The number of carbonyl (C=O) groups excluding carboxylic acids is 1. The zero-order valence-electron chi connectivity index (χ0n) is 7.84.